The van der Waals surface area contributed by atoms with Crippen LogP contribution in [0.1, 0.15) is 53.0 Å². The number of rotatable bonds is 6. The van der Waals surface area contributed by atoms with E-state index in [2.05, 4.69) is 32.1 Å². The fraction of sp³-hybridized carbons (Fsp3) is 0.556. The minimum atomic E-state index is 0.0205. The van der Waals surface area contributed by atoms with E-state index in [0.717, 1.165) is 66.7 Å². The van der Waals surface area contributed by atoms with Crippen LogP contribution in [-0.4, -0.2) is 40.0 Å². The van der Waals surface area contributed by atoms with E-state index in [1.165, 1.54) is 11.3 Å². The van der Waals surface area contributed by atoms with Crippen molar-refractivity contribution >= 4 is 23.2 Å². The van der Waals surface area contributed by atoms with Crippen LogP contribution in [0.2, 0.25) is 0 Å². The predicted octanol–water partition coefficient (Wildman–Crippen LogP) is 2.98. The zero-order chi connectivity index (χ0) is 17.6. The number of piperidine rings is 1. The third-order valence-corrected chi connectivity index (χ3v) is 5.67. The van der Waals surface area contributed by atoms with Crippen LogP contribution < -0.4 is 10.2 Å². The Morgan fingerprint density at radius 3 is 2.72 bits per heavy atom. The van der Waals surface area contributed by atoms with Gasteiger partial charge in [-0.1, -0.05) is 13.3 Å². The molecule has 3 rings (SSSR count). The Hall–Kier alpha value is -2.02. The zero-order valence-corrected chi connectivity index (χ0v) is 15.7. The second-order valence-corrected chi connectivity index (χ2v) is 7.49. The average Bonchev–Trinajstić information content (AvgIpc) is 3.02. The molecule has 0 atom stereocenters. The quantitative estimate of drug-likeness (QED) is 0.858. The summed E-state index contributed by atoms with van der Waals surface area (Å²) in [6.07, 6.45) is 8.56. The maximum atomic E-state index is 12.6. The van der Waals surface area contributed by atoms with Crippen molar-refractivity contribution in [3.05, 3.63) is 34.0 Å². The van der Waals surface area contributed by atoms with Crippen molar-refractivity contribution in [3.8, 4) is 0 Å². The van der Waals surface area contributed by atoms with E-state index in [0.29, 0.717) is 0 Å². The monoisotopic (exact) mass is 359 g/mol. The van der Waals surface area contributed by atoms with Crippen LogP contribution in [0.3, 0.4) is 0 Å². The fourth-order valence-corrected chi connectivity index (χ4v) is 4.04. The molecule has 134 valence electrons. The molecule has 3 heterocycles. The first kappa shape index (κ1) is 17.8. The molecule has 0 aromatic carbocycles. The number of carbonyl (C=O) groups excluding carboxylic acids is 1. The number of carbonyl (C=O) groups is 1. The van der Waals surface area contributed by atoms with E-state index in [1.807, 2.05) is 13.0 Å². The summed E-state index contributed by atoms with van der Waals surface area (Å²) in [5.41, 5.74) is 0.851. The van der Waals surface area contributed by atoms with E-state index in [4.69, 9.17) is 0 Å². The van der Waals surface area contributed by atoms with Crippen LogP contribution in [-0.2, 0) is 6.42 Å². The number of nitrogens with zero attached hydrogens (tertiary/aromatic N) is 4. The van der Waals surface area contributed by atoms with Crippen molar-refractivity contribution in [2.24, 2.45) is 0 Å². The predicted molar refractivity (Wildman–Crippen MR) is 100 cm³/mol. The van der Waals surface area contributed by atoms with Gasteiger partial charge in [-0.15, -0.1) is 11.3 Å². The molecule has 0 spiro atoms. The second kappa shape index (κ2) is 8.38. The summed E-state index contributed by atoms with van der Waals surface area (Å²) >= 11 is 1.54. The molecule has 1 N–H and O–H groups in total. The summed E-state index contributed by atoms with van der Waals surface area (Å²) in [4.78, 5) is 28.7. The van der Waals surface area contributed by atoms with Crippen molar-refractivity contribution < 1.29 is 4.79 Å². The molecular weight excluding hydrogens is 334 g/mol. The standard InChI is InChI=1S/C18H25N5OS/c1-3-4-6-15-21-13(2)16(25-15)17(24)22-14-7-11-23(12-8-14)18-19-9-5-10-20-18/h5,9-10,14H,3-4,6-8,11-12H2,1-2H3,(H,22,24). The lowest BCUT2D eigenvalue weighted by Crippen LogP contribution is -2.45. The van der Waals surface area contributed by atoms with Gasteiger partial charge in [0.05, 0.1) is 10.7 Å². The SMILES string of the molecule is CCCCc1nc(C)c(C(=O)NC2CCN(c3ncccn3)CC2)s1. The van der Waals surface area contributed by atoms with Gasteiger partial charge in [0.1, 0.15) is 4.88 Å². The highest BCUT2D eigenvalue weighted by Crippen LogP contribution is 2.21. The highest BCUT2D eigenvalue weighted by atomic mass is 32.1. The van der Waals surface area contributed by atoms with E-state index in [1.54, 1.807) is 12.4 Å². The van der Waals surface area contributed by atoms with Gasteiger partial charge in [0.15, 0.2) is 0 Å². The number of hydrogen-bond acceptors (Lipinski definition) is 6. The van der Waals surface area contributed by atoms with Crippen LogP contribution in [0, 0.1) is 6.92 Å². The van der Waals surface area contributed by atoms with Gasteiger partial charge in [-0.25, -0.2) is 15.0 Å². The lowest BCUT2D eigenvalue weighted by Gasteiger charge is -2.32. The smallest absolute Gasteiger partial charge is 0.263 e. The number of thiazole rings is 1. The summed E-state index contributed by atoms with van der Waals surface area (Å²) < 4.78 is 0. The van der Waals surface area contributed by atoms with Gasteiger partial charge in [-0.05, 0) is 38.7 Å². The Balaban J connectivity index is 1.53. The molecule has 0 radical (unpaired) electrons. The van der Waals surface area contributed by atoms with Crippen LogP contribution in [0.5, 0.6) is 0 Å². The molecule has 2 aromatic rings. The third kappa shape index (κ3) is 4.54. The number of amides is 1. The maximum absolute atomic E-state index is 12.6. The first-order valence-electron chi connectivity index (χ1n) is 8.96. The maximum Gasteiger partial charge on any atom is 0.263 e. The molecular formula is C18H25N5OS. The molecule has 1 aliphatic heterocycles. The normalized spacial score (nSPS) is 15.4. The highest BCUT2D eigenvalue weighted by molar-refractivity contribution is 7.13. The van der Waals surface area contributed by atoms with E-state index >= 15 is 0 Å². The largest absolute Gasteiger partial charge is 0.348 e. The van der Waals surface area contributed by atoms with Crippen molar-refractivity contribution in [2.45, 2.75) is 52.0 Å². The molecule has 6 nitrogen and oxygen atoms in total. The Morgan fingerprint density at radius 1 is 1.32 bits per heavy atom. The second-order valence-electron chi connectivity index (χ2n) is 6.41. The molecule has 0 saturated carbocycles. The van der Waals surface area contributed by atoms with Crippen molar-refractivity contribution in [2.75, 3.05) is 18.0 Å². The van der Waals surface area contributed by atoms with Gasteiger partial charge in [-0.3, -0.25) is 4.79 Å². The first-order chi connectivity index (χ1) is 12.2. The Morgan fingerprint density at radius 2 is 2.04 bits per heavy atom. The summed E-state index contributed by atoms with van der Waals surface area (Å²) in [5.74, 6) is 0.790. The van der Waals surface area contributed by atoms with E-state index in [9.17, 15) is 4.79 Å². The molecule has 0 aliphatic carbocycles. The third-order valence-electron chi connectivity index (χ3n) is 4.46. The fourth-order valence-electron chi connectivity index (χ4n) is 3.03. The minimum Gasteiger partial charge on any atom is -0.348 e. The first-order valence-corrected chi connectivity index (χ1v) is 9.78. The van der Waals surface area contributed by atoms with Gasteiger partial charge in [0.25, 0.3) is 5.91 Å². The zero-order valence-electron chi connectivity index (χ0n) is 14.9. The lowest BCUT2D eigenvalue weighted by atomic mass is 10.1. The molecule has 1 fully saturated rings. The van der Waals surface area contributed by atoms with Gasteiger partial charge in [-0.2, -0.15) is 0 Å². The van der Waals surface area contributed by atoms with E-state index < -0.39 is 0 Å². The van der Waals surface area contributed by atoms with Crippen molar-refractivity contribution in [1.82, 2.24) is 20.3 Å². The number of aromatic nitrogens is 3. The van der Waals surface area contributed by atoms with E-state index in [-0.39, 0.29) is 11.9 Å². The topological polar surface area (TPSA) is 71.0 Å². The molecule has 1 amide bonds. The van der Waals surface area contributed by atoms with Gasteiger partial charge >= 0.3 is 0 Å². The van der Waals surface area contributed by atoms with Gasteiger partial charge in [0.2, 0.25) is 5.95 Å². The van der Waals surface area contributed by atoms with Crippen molar-refractivity contribution in [3.63, 3.8) is 0 Å². The molecule has 7 heteroatoms. The van der Waals surface area contributed by atoms with Crippen LogP contribution >= 0.6 is 11.3 Å². The Labute approximate surface area is 152 Å². The van der Waals surface area contributed by atoms with Crippen LogP contribution in [0.25, 0.3) is 0 Å². The number of anilines is 1. The number of nitrogens with one attached hydrogen (secondary N) is 1. The van der Waals surface area contributed by atoms with Gasteiger partial charge in [0, 0.05) is 31.5 Å². The Kier molecular flexibility index (Phi) is 5.96. The molecule has 2 aromatic heterocycles. The summed E-state index contributed by atoms with van der Waals surface area (Å²) in [6.45, 7) is 5.81. The van der Waals surface area contributed by atoms with Crippen LogP contribution in [0.4, 0.5) is 5.95 Å². The number of aryl methyl sites for hydroxylation is 2. The summed E-state index contributed by atoms with van der Waals surface area (Å²) in [6, 6.07) is 2.02. The minimum absolute atomic E-state index is 0.0205. The van der Waals surface area contributed by atoms with Crippen molar-refractivity contribution in [1.29, 1.82) is 0 Å². The summed E-state index contributed by atoms with van der Waals surface area (Å²) in [7, 11) is 0. The average molecular weight is 359 g/mol. The summed E-state index contributed by atoms with van der Waals surface area (Å²) in [5, 5.41) is 4.25. The lowest BCUT2D eigenvalue weighted by molar-refractivity contribution is 0.0934. The van der Waals surface area contributed by atoms with Crippen LogP contribution in [0.15, 0.2) is 18.5 Å². The molecule has 0 unspecified atom stereocenters. The molecule has 1 aliphatic rings. The van der Waals surface area contributed by atoms with Gasteiger partial charge < -0.3 is 10.2 Å². The Bertz CT molecular complexity index is 695. The number of unbranched alkanes of at least 4 members (excludes halogenated alkanes) is 1. The molecule has 1 saturated heterocycles. The molecule has 25 heavy (non-hydrogen) atoms. The highest BCUT2D eigenvalue weighted by Gasteiger charge is 2.24. The number of hydrogen-bond donors (Lipinski definition) is 1. The molecule has 0 bridgehead atoms.